The molecule has 2 heterocycles. The zero-order valence-electron chi connectivity index (χ0n) is 17.5. The van der Waals surface area contributed by atoms with Crippen LogP contribution in [0.5, 0.6) is 0 Å². The van der Waals surface area contributed by atoms with Crippen LogP contribution in [0.3, 0.4) is 0 Å². The van der Waals surface area contributed by atoms with E-state index in [0.29, 0.717) is 19.2 Å². The number of hydrogen-bond donors (Lipinski definition) is 1. The molecule has 1 saturated heterocycles. The molecule has 1 aromatic heterocycles. The topological polar surface area (TPSA) is 65.8 Å². The largest absolute Gasteiger partial charge is 0.477 e. The van der Waals surface area contributed by atoms with Gasteiger partial charge in [0, 0.05) is 44.0 Å². The highest BCUT2D eigenvalue weighted by atomic mass is 19.1. The van der Waals surface area contributed by atoms with Gasteiger partial charge in [-0.05, 0) is 19.2 Å². The number of carbonyl (C=O) groups is 1. The number of carboxylic acids is 1. The van der Waals surface area contributed by atoms with Crippen LogP contribution in [0.15, 0.2) is 35.8 Å². The fourth-order valence-electron chi connectivity index (χ4n) is 4.04. The van der Waals surface area contributed by atoms with Crippen molar-refractivity contribution < 1.29 is 27.5 Å². The van der Waals surface area contributed by atoms with E-state index >= 15 is 8.78 Å². The third kappa shape index (κ3) is 3.66. The van der Waals surface area contributed by atoms with E-state index in [1.165, 1.54) is 4.90 Å². The number of halogens is 4. The van der Waals surface area contributed by atoms with E-state index in [2.05, 4.69) is 6.58 Å². The van der Waals surface area contributed by atoms with Gasteiger partial charge in [-0.25, -0.2) is 22.4 Å². The average molecular weight is 461 g/mol. The second kappa shape index (κ2) is 8.36. The minimum absolute atomic E-state index is 0.286. The molecule has 10 heteroatoms. The van der Waals surface area contributed by atoms with Crippen LogP contribution in [0.2, 0.25) is 0 Å². The number of carboxylic acid groups (broad SMARTS) is 1. The first-order valence-electron chi connectivity index (χ1n) is 10.0. The van der Waals surface area contributed by atoms with Crippen molar-refractivity contribution in [2.75, 3.05) is 38.1 Å². The molecular formula is C23H19F4N3O3. The second-order valence-electron chi connectivity index (χ2n) is 7.75. The van der Waals surface area contributed by atoms with Gasteiger partial charge in [-0.2, -0.15) is 0 Å². The molecule has 6 nitrogen and oxygen atoms in total. The number of anilines is 1. The number of benzene rings is 2. The number of aromatic carboxylic acids is 1. The molecule has 0 atom stereocenters. The summed E-state index contributed by atoms with van der Waals surface area (Å²) in [5.41, 5.74) is -3.74. The van der Waals surface area contributed by atoms with Gasteiger partial charge < -0.3 is 19.5 Å². The Balaban J connectivity index is 2.18. The molecule has 0 aliphatic carbocycles. The van der Waals surface area contributed by atoms with Crippen molar-refractivity contribution in [3.63, 3.8) is 0 Å². The minimum Gasteiger partial charge on any atom is -0.477 e. The maximum atomic E-state index is 16.0. The molecule has 172 valence electrons. The van der Waals surface area contributed by atoms with Crippen molar-refractivity contribution in [2.24, 2.45) is 0 Å². The van der Waals surface area contributed by atoms with Gasteiger partial charge in [-0.15, -0.1) is 0 Å². The summed E-state index contributed by atoms with van der Waals surface area (Å²) >= 11 is 0. The third-order valence-corrected chi connectivity index (χ3v) is 5.76. The number of fused-ring (bicyclic) bond motifs is 1. The van der Waals surface area contributed by atoms with Crippen LogP contribution in [-0.4, -0.2) is 53.8 Å². The van der Waals surface area contributed by atoms with E-state index in [-0.39, 0.29) is 13.1 Å². The van der Waals surface area contributed by atoms with Gasteiger partial charge in [-0.3, -0.25) is 4.79 Å². The summed E-state index contributed by atoms with van der Waals surface area (Å²) in [6.45, 7) is 5.13. The Labute approximate surface area is 185 Å². The first-order valence-corrected chi connectivity index (χ1v) is 10.0. The van der Waals surface area contributed by atoms with Gasteiger partial charge in [0.05, 0.1) is 16.6 Å². The Morgan fingerprint density at radius 3 is 2.33 bits per heavy atom. The van der Waals surface area contributed by atoms with Crippen LogP contribution in [0.4, 0.5) is 23.2 Å². The predicted octanol–water partition coefficient (Wildman–Crippen LogP) is 3.64. The van der Waals surface area contributed by atoms with Crippen molar-refractivity contribution in [1.82, 2.24) is 9.47 Å². The molecule has 2 aromatic carbocycles. The van der Waals surface area contributed by atoms with Crippen LogP contribution in [-0.2, 0) is 0 Å². The van der Waals surface area contributed by atoms with Crippen LogP contribution < -0.4 is 10.3 Å². The molecule has 0 spiro atoms. The smallest absolute Gasteiger partial charge is 0.341 e. The normalized spacial score (nSPS) is 14.6. The lowest BCUT2D eigenvalue weighted by molar-refractivity contribution is 0.0695. The zero-order valence-corrected chi connectivity index (χ0v) is 17.5. The van der Waals surface area contributed by atoms with Crippen molar-refractivity contribution in [1.29, 1.82) is 0 Å². The predicted molar refractivity (Wildman–Crippen MR) is 116 cm³/mol. The van der Waals surface area contributed by atoms with Crippen molar-refractivity contribution >= 4 is 28.6 Å². The fourth-order valence-corrected chi connectivity index (χ4v) is 4.04. The first-order chi connectivity index (χ1) is 15.6. The standard InChI is InChI=1S/C23H19F4N3O3/c1-3-13-17-20(19(27)21(18(13)26)29-8-6-28(2)7-9-29)30(11-14(22(17)31)23(32)33)16-5-4-12(24)10-15(16)25/h3-5,10-11H,1,6-9H2,2H3,(H,32,33). The quantitative estimate of drug-likeness (QED) is 0.601. The molecule has 0 radical (unpaired) electrons. The Bertz CT molecular complexity index is 1360. The summed E-state index contributed by atoms with van der Waals surface area (Å²) in [5.74, 6) is -5.92. The Hall–Kier alpha value is -3.66. The zero-order chi connectivity index (χ0) is 24.0. The molecule has 1 fully saturated rings. The van der Waals surface area contributed by atoms with Crippen LogP contribution in [0.25, 0.3) is 22.7 Å². The number of likely N-dealkylation sites (N-methyl/N-ethyl adjacent to an activating group) is 1. The molecule has 4 rings (SSSR count). The third-order valence-electron chi connectivity index (χ3n) is 5.76. The van der Waals surface area contributed by atoms with E-state index < -0.39 is 68.1 Å². The lowest BCUT2D eigenvalue weighted by Gasteiger charge is -2.35. The summed E-state index contributed by atoms with van der Waals surface area (Å²) in [4.78, 5) is 28.1. The molecule has 1 aliphatic heterocycles. The number of nitrogens with zero attached hydrogens (tertiary/aromatic N) is 3. The average Bonchev–Trinajstić information content (AvgIpc) is 2.76. The summed E-state index contributed by atoms with van der Waals surface area (Å²) < 4.78 is 60.5. The minimum atomic E-state index is -1.67. The molecule has 1 N–H and O–H groups in total. The van der Waals surface area contributed by atoms with Crippen LogP contribution >= 0.6 is 0 Å². The maximum absolute atomic E-state index is 16.0. The van der Waals surface area contributed by atoms with Crippen LogP contribution in [0, 0.1) is 23.3 Å². The molecule has 33 heavy (non-hydrogen) atoms. The maximum Gasteiger partial charge on any atom is 0.341 e. The van der Waals surface area contributed by atoms with E-state index in [9.17, 15) is 23.5 Å². The summed E-state index contributed by atoms with van der Waals surface area (Å²) in [6.07, 6.45) is 1.75. The van der Waals surface area contributed by atoms with Gasteiger partial charge >= 0.3 is 5.97 Å². The van der Waals surface area contributed by atoms with Crippen molar-refractivity contribution in [3.8, 4) is 5.69 Å². The summed E-state index contributed by atoms with van der Waals surface area (Å²) in [5, 5.41) is 8.91. The van der Waals surface area contributed by atoms with Gasteiger partial charge in [0.2, 0.25) is 5.43 Å². The Morgan fingerprint density at radius 2 is 1.76 bits per heavy atom. The van der Waals surface area contributed by atoms with Gasteiger partial charge in [-0.1, -0.05) is 12.7 Å². The Kier molecular flexibility index (Phi) is 5.71. The molecule has 0 amide bonds. The first kappa shape index (κ1) is 22.5. The van der Waals surface area contributed by atoms with Crippen molar-refractivity contribution in [2.45, 2.75) is 0 Å². The lowest BCUT2D eigenvalue weighted by atomic mass is 10.0. The lowest BCUT2D eigenvalue weighted by Crippen LogP contribution is -2.45. The molecule has 1 aliphatic rings. The number of pyridine rings is 1. The fraction of sp³-hybridized carbons (Fsp3) is 0.217. The summed E-state index contributed by atoms with van der Waals surface area (Å²) in [6, 6.07) is 2.42. The van der Waals surface area contributed by atoms with Gasteiger partial charge in [0.25, 0.3) is 0 Å². The van der Waals surface area contributed by atoms with E-state index in [0.717, 1.165) is 29.0 Å². The van der Waals surface area contributed by atoms with E-state index in [1.807, 2.05) is 11.9 Å². The highest BCUT2D eigenvalue weighted by Crippen LogP contribution is 2.36. The molecular weight excluding hydrogens is 442 g/mol. The van der Waals surface area contributed by atoms with Crippen LogP contribution in [0.1, 0.15) is 15.9 Å². The number of rotatable bonds is 4. The summed E-state index contributed by atoms with van der Waals surface area (Å²) in [7, 11) is 1.86. The van der Waals surface area contributed by atoms with Gasteiger partial charge in [0.1, 0.15) is 22.9 Å². The molecule has 0 bridgehead atoms. The van der Waals surface area contributed by atoms with Crippen molar-refractivity contribution in [3.05, 3.63) is 75.6 Å². The number of aromatic nitrogens is 1. The molecule has 0 saturated carbocycles. The van der Waals surface area contributed by atoms with E-state index in [1.54, 1.807) is 0 Å². The second-order valence-corrected chi connectivity index (χ2v) is 7.75. The van der Waals surface area contributed by atoms with Gasteiger partial charge in [0.15, 0.2) is 11.6 Å². The highest BCUT2D eigenvalue weighted by Gasteiger charge is 2.30. The monoisotopic (exact) mass is 461 g/mol. The number of piperazine rings is 1. The molecule has 3 aromatic rings. The Morgan fingerprint density at radius 1 is 1.09 bits per heavy atom. The number of hydrogen-bond acceptors (Lipinski definition) is 4. The van der Waals surface area contributed by atoms with E-state index in [4.69, 9.17) is 0 Å². The highest BCUT2D eigenvalue weighted by molar-refractivity contribution is 5.98. The molecule has 0 unspecified atom stereocenters. The SMILES string of the molecule is C=Cc1c(F)c(N2CCN(C)CC2)c(F)c2c1c(=O)c(C(=O)O)cn2-c1ccc(F)cc1F.